The molecule has 1 aromatic rings. The molecule has 1 aliphatic rings. The Bertz CT molecular complexity index is 431. The van der Waals surface area contributed by atoms with Crippen LogP contribution in [-0.4, -0.2) is 48.9 Å². The second-order valence-electron chi connectivity index (χ2n) is 4.26. The fourth-order valence-corrected chi connectivity index (χ4v) is 2.71. The van der Waals surface area contributed by atoms with Crippen molar-refractivity contribution in [1.82, 2.24) is 9.80 Å². The highest BCUT2D eigenvalue weighted by molar-refractivity contribution is 9.10. The van der Waals surface area contributed by atoms with Crippen molar-refractivity contribution < 1.29 is 4.79 Å². The maximum atomic E-state index is 12.3. The van der Waals surface area contributed by atoms with Crippen LogP contribution < -0.4 is 0 Å². The summed E-state index contributed by atoms with van der Waals surface area (Å²) >= 11 is 7.73. The van der Waals surface area contributed by atoms with Gasteiger partial charge < -0.3 is 9.80 Å². The van der Waals surface area contributed by atoms with Crippen molar-refractivity contribution in [2.24, 2.45) is 0 Å². The van der Waals surface area contributed by atoms with Gasteiger partial charge in [-0.25, -0.2) is 0 Å². The lowest BCUT2D eigenvalue weighted by molar-refractivity contribution is 0.0660. The Morgan fingerprint density at radius 2 is 1.94 bits per heavy atom. The first-order valence-electron chi connectivity index (χ1n) is 5.54. The molecule has 1 aromatic carbocycles. The number of piperazine rings is 1. The Kier molecular flexibility index (Phi) is 4.12. The molecule has 0 aliphatic carbocycles. The molecule has 0 spiro atoms. The number of carbonyl (C=O) groups excluding carboxylic acids is 1. The van der Waals surface area contributed by atoms with Crippen LogP contribution in [0, 0.1) is 0 Å². The number of nitrogens with zero attached hydrogens (tertiary/aromatic N) is 2. The molecule has 3 nitrogen and oxygen atoms in total. The summed E-state index contributed by atoms with van der Waals surface area (Å²) in [6, 6.07) is 5.56. The van der Waals surface area contributed by atoms with Gasteiger partial charge in [0.1, 0.15) is 0 Å². The molecular formula is C12H15BrN2OS. The highest BCUT2D eigenvalue weighted by Crippen LogP contribution is 2.21. The van der Waals surface area contributed by atoms with Crippen LogP contribution in [0.1, 0.15) is 10.4 Å². The SMILES string of the molecule is CN1CCN(C(=O)c2ccc(Br)cc2S)CC1. The van der Waals surface area contributed by atoms with Crippen LogP contribution >= 0.6 is 28.6 Å². The zero-order valence-corrected chi connectivity index (χ0v) is 12.2. The molecule has 5 heteroatoms. The third-order valence-electron chi connectivity index (χ3n) is 2.98. The van der Waals surface area contributed by atoms with E-state index in [-0.39, 0.29) is 5.91 Å². The summed E-state index contributed by atoms with van der Waals surface area (Å²) in [6.45, 7) is 3.45. The van der Waals surface area contributed by atoms with Crippen LogP contribution in [0.2, 0.25) is 0 Å². The van der Waals surface area contributed by atoms with Crippen molar-refractivity contribution in [2.45, 2.75) is 4.90 Å². The summed E-state index contributed by atoms with van der Waals surface area (Å²) in [5.41, 5.74) is 0.682. The minimum absolute atomic E-state index is 0.0793. The van der Waals surface area contributed by atoms with Crippen molar-refractivity contribution >= 4 is 34.5 Å². The molecule has 17 heavy (non-hydrogen) atoms. The largest absolute Gasteiger partial charge is 0.336 e. The van der Waals surface area contributed by atoms with Crippen LogP contribution in [0.25, 0.3) is 0 Å². The van der Waals surface area contributed by atoms with E-state index in [1.54, 1.807) is 0 Å². The number of hydrogen-bond donors (Lipinski definition) is 1. The average Bonchev–Trinajstić information content (AvgIpc) is 2.29. The van der Waals surface area contributed by atoms with E-state index in [1.165, 1.54) is 0 Å². The Morgan fingerprint density at radius 1 is 1.29 bits per heavy atom. The van der Waals surface area contributed by atoms with Gasteiger partial charge in [0.2, 0.25) is 0 Å². The summed E-state index contributed by atoms with van der Waals surface area (Å²) < 4.78 is 0.942. The van der Waals surface area contributed by atoms with Gasteiger partial charge in [-0.2, -0.15) is 0 Å². The summed E-state index contributed by atoms with van der Waals surface area (Å²) in [5.74, 6) is 0.0793. The Hall–Kier alpha value is -0.520. The van der Waals surface area contributed by atoms with E-state index in [9.17, 15) is 4.79 Å². The summed E-state index contributed by atoms with van der Waals surface area (Å²) in [6.07, 6.45) is 0. The van der Waals surface area contributed by atoms with E-state index >= 15 is 0 Å². The minimum Gasteiger partial charge on any atom is -0.336 e. The minimum atomic E-state index is 0.0793. The predicted molar refractivity (Wildman–Crippen MR) is 74.8 cm³/mol. The molecule has 1 saturated heterocycles. The second-order valence-corrected chi connectivity index (χ2v) is 5.65. The monoisotopic (exact) mass is 314 g/mol. The standard InChI is InChI=1S/C12H15BrN2OS/c1-14-4-6-15(7-5-14)12(16)10-3-2-9(13)8-11(10)17/h2-3,8,17H,4-7H2,1H3. The smallest absolute Gasteiger partial charge is 0.255 e. The molecule has 1 heterocycles. The quantitative estimate of drug-likeness (QED) is 0.803. The van der Waals surface area contributed by atoms with Gasteiger partial charge in [-0.05, 0) is 25.2 Å². The van der Waals surface area contributed by atoms with Gasteiger partial charge in [0.25, 0.3) is 5.91 Å². The summed E-state index contributed by atoms with van der Waals surface area (Å²) in [5, 5.41) is 0. The number of rotatable bonds is 1. The van der Waals surface area contributed by atoms with Crippen LogP contribution in [0.3, 0.4) is 0 Å². The maximum Gasteiger partial charge on any atom is 0.255 e. The molecule has 0 atom stereocenters. The van der Waals surface area contributed by atoms with Gasteiger partial charge in [0.05, 0.1) is 5.56 Å². The van der Waals surface area contributed by atoms with E-state index in [0.717, 1.165) is 35.5 Å². The number of halogens is 1. The van der Waals surface area contributed by atoms with Gasteiger partial charge in [0.15, 0.2) is 0 Å². The first-order valence-corrected chi connectivity index (χ1v) is 6.78. The molecular weight excluding hydrogens is 300 g/mol. The summed E-state index contributed by atoms with van der Waals surface area (Å²) in [4.78, 5) is 17.1. The predicted octanol–water partition coefficient (Wildman–Crippen LogP) is 2.13. The highest BCUT2D eigenvalue weighted by Gasteiger charge is 2.21. The number of benzene rings is 1. The lowest BCUT2D eigenvalue weighted by atomic mass is 10.2. The fraction of sp³-hybridized carbons (Fsp3) is 0.417. The van der Waals surface area contributed by atoms with Gasteiger partial charge in [-0.15, -0.1) is 12.6 Å². The molecule has 92 valence electrons. The molecule has 2 rings (SSSR count). The van der Waals surface area contributed by atoms with Crippen molar-refractivity contribution in [2.75, 3.05) is 33.2 Å². The van der Waals surface area contributed by atoms with Gasteiger partial charge in [-0.1, -0.05) is 15.9 Å². The van der Waals surface area contributed by atoms with Crippen molar-refractivity contribution in [3.05, 3.63) is 28.2 Å². The molecule has 1 amide bonds. The fourth-order valence-electron chi connectivity index (χ4n) is 1.87. The van der Waals surface area contributed by atoms with E-state index in [4.69, 9.17) is 0 Å². The number of likely N-dealkylation sites (N-methyl/N-ethyl adjacent to an activating group) is 1. The third-order valence-corrected chi connectivity index (χ3v) is 3.84. The third kappa shape index (κ3) is 3.03. The number of amides is 1. The first-order chi connectivity index (χ1) is 8.08. The molecule has 0 N–H and O–H groups in total. The highest BCUT2D eigenvalue weighted by atomic mass is 79.9. The van der Waals surface area contributed by atoms with Crippen molar-refractivity contribution in [3.8, 4) is 0 Å². The number of thiol groups is 1. The lowest BCUT2D eigenvalue weighted by Gasteiger charge is -2.32. The molecule has 0 bridgehead atoms. The molecule has 0 saturated carbocycles. The molecule has 0 radical (unpaired) electrons. The molecule has 1 fully saturated rings. The van der Waals surface area contributed by atoms with Crippen LogP contribution in [-0.2, 0) is 0 Å². The molecule has 0 aromatic heterocycles. The maximum absolute atomic E-state index is 12.3. The van der Waals surface area contributed by atoms with E-state index in [2.05, 4.69) is 40.5 Å². The molecule has 1 aliphatic heterocycles. The van der Waals surface area contributed by atoms with Crippen LogP contribution in [0.5, 0.6) is 0 Å². The van der Waals surface area contributed by atoms with E-state index in [0.29, 0.717) is 5.56 Å². The average molecular weight is 315 g/mol. The van der Waals surface area contributed by atoms with Crippen LogP contribution in [0.15, 0.2) is 27.6 Å². The zero-order chi connectivity index (χ0) is 12.4. The van der Waals surface area contributed by atoms with E-state index in [1.807, 2.05) is 23.1 Å². The Balaban J connectivity index is 2.14. The van der Waals surface area contributed by atoms with Crippen LogP contribution in [0.4, 0.5) is 0 Å². The van der Waals surface area contributed by atoms with Crippen molar-refractivity contribution in [3.63, 3.8) is 0 Å². The van der Waals surface area contributed by atoms with Gasteiger partial charge in [-0.3, -0.25) is 4.79 Å². The van der Waals surface area contributed by atoms with Gasteiger partial charge in [0, 0.05) is 35.5 Å². The summed E-state index contributed by atoms with van der Waals surface area (Å²) in [7, 11) is 2.07. The van der Waals surface area contributed by atoms with E-state index < -0.39 is 0 Å². The topological polar surface area (TPSA) is 23.6 Å². The normalized spacial score (nSPS) is 17.2. The van der Waals surface area contributed by atoms with Crippen molar-refractivity contribution in [1.29, 1.82) is 0 Å². The Morgan fingerprint density at radius 3 is 2.53 bits per heavy atom. The molecule has 0 unspecified atom stereocenters. The number of hydrogen-bond acceptors (Lipinski definition) is 3. The lowest BCUT2D eigenvalue weighted by Crippen LogP contribution is -2.47. The number of carbonyl (C=O) groups is 1. The Labute approximate surface area is 115 Å². The first kappa shape index (κ1) is 12.9. The zero-order valence-electron chi connectivity index (χ0n) is 9.69. The second kappa shape index (κ2) is 5.42. The van der Waals surface area contributed by atoms with Gasteiger partial charge >= 0.3 is 0 Å².